The lowest BCUT2D eigenvalue weighted by Crippen LogP contribution is -2.31. The number of anilines is 1. The molecule has 1 amide bonds. The van der Waals surface area contributed by atoms with Gasteiger partial charge in [-0.2, -0.15) is 0 Å². The van der Waals surface area contributed by atoms with Crippen molar-refractivity contribution in [1.82, 2.24) is 4.90 Å². The molecule has 0 aliphatic carbocycles. The van der Waals surface area contributed by atoms with Gasteiger partial charge in [0, 0.05) is 36.4 Å². The first-order valence-electron chi connectivity index (χ1n) is 11.8. The number of aliphatic hydroxyl groups excluding tert-OH is 1. The molecule has 7 nitrogen and oxygen atoms in total. The fourth-order valence-corrected chi connectivity index (χ4v) is 4.73. The number of aliphatic hydroxyl groups is 1. The van der Waals surface area contributed by atoms with Crippen LogP contribution >= 0.6 is 15.9 Å². The van der Waals surface area contributed by atoms with Gasteiger partial charge in [0.25, 0.3) is 11.7 Å². The molecule has 0 aromatic heterocycles. The highest BCUT2D eigenvalue weighted by molar-refractivity contribution is 9.10. The molecule has 1 heterocycles. The molecule has 8 heteroatoms. The summed E-state index contributed by atoms with van der Waals surface area (Å²) < 4.78 is 11.6. The maximum Gasteiger partial charge on any atom is 0.295 e. The Morgan fingerprint density at radius 2 is 1.59 bits per heavy atom. The summed E-state index contributed by atoms with van der Waals surface area (Å²) in [5, 5.41) is 11.2. The maximum atomic E-state index is 13.3. The fraction of sp³-hybridized carbons (Fsp3) is 0.241. The number of likely N-dealkylation sites (tertiary alicyclic amines) is 1. The van der Waals surface area contributed by atoms with E-state index in [4.69, 9.17) is 9.47 Å². The Morgan fingerprint density at radius 1 is 0.946 bits per heavy atom. The Bertz CT molecular complexity index is 1330. The van der Waals surface area contributed by atoms with E-state index in [0.717, 1.165) is 21.3 Å². The van der Waals surface area contributed by atoms with E-state index in [0.29, 0.717) is 23.5 Å². The van der Waals surface area contributed by atoms with Crippen molar-refractivity contribution in [3.8, 4) is 11.5 Å². The summed E-state index contributed by atoms with van der Waals surface area (Å²) >= 11 is 3.39. The molecule has 0 radical (unpaired) electrons. The van der Waals surface area contributed by atoms with E-state index in [-0.39, 0.29) is 17.9 Å². The van der Waals surface area contributed by atoms with Crippen LogP contribution in [-0.4, -0.2) is 56.6 Å². The van der Waals surface area contributed by atoms with Gasteiger partial charge in [-0.3, -0.25) is 9.59 Å². The standard InChI is InChI=1S/C29H29BrN2O5/c1-31(2)22-12-8-19(9-13-22)26-25(27(33)20-6-10-21(30)11-7-20)28(34)29(35)32(26)16-15-18-5-14-23(36-3)24(17-18)37-4/h5-14,17,26,33H,15-16H2,1-4H3. The Kier molecular flexibility index (Phi) is 7.88. The van der Waals surface area contributed by atoms with Crippen LogP contribution in [-0.2, 0) is 16.0 Å². The number of ether oxygens (including phenoxy) is 2. The molecule has 3 aromatic carbocycles. The zero-order valence-electron chi connectivity index (χ0n) is 21.2. The van der Waals surface area contributed by atoms with Crippen molar-refractivity contribution in [3.63, 3.8) is 0 Å². The largest absolute Gasteiger partial charge is 0.507 e. The number of hydrogen-bond donors (Lipinski definition) is 1. The van der Waals surface area contributed by atoms with Crippen LogP contribution in [0.25, 0.3) is 5.76 Å². The highest BCUT2D eigenvalue weighted by Gasteiger charge is 2.45. The molecule has 4 rings (SSSR count). The number of rotatable bonds is 8. The first-order chi connectivity index (χ1) is 17.7. The summed E-state index contributed by atoms with van der Waals surface area (Å²) in [5.74, 6) is -0.327. The van der Waals surface area contributed by atoms with Gasteiger partial charge in [-0.1, -0.05) is 46.3 Å². The van der Waals surface area contributed by atoms with Crippen LogP contribution in [0.4, 0.5) is 5.69 Å². The zero-order chi connectivity index (χ0) is 26.7. The van der Waals surface area contributed by atoms with Gasteiger partial charge in [0.2, 0.25) is 0 Å². The van der Waals surface area contributed by atoms with E-state index < -0.39 is 17.7 Å². The van der Waals surface area contributed by atoms with Crippen LogP contribution in [0, 0.1) is 0 Å². The predicted molar refractivity (Wildman–Crippen MR) is 147 cm³/mol. The lowest BCUT2D eigenvalue weighted by Gasteiger charge is -2.26. The normalized spacial score (nSPS) is 16.7. The second kappa shape index (κ2) is 11.1. The third-order valence-electron chi connectivity index (χ3n) is 6.47. The fourth-order valence-electron chi connectivity index (χ4n) is 4.46. The van der Waals surface area contributed by atoms with Gasteiger partial charge in [0.05, 0.1) is 25.8 Å². The predicted octanol–water partition coefficient (Wildman–Crippen LogP) is 5.20. The number of amides is 1. The summed E-state index contributed by atoms with van der Waals surface area (Å²) in [6, 6.07) is 19.5. The number of benzene rings is 3. The highest BCUT2D eigenvalue weighted by Crippen LogP contribution is 2.40. The Balaban J connectivity index is 1.75. The number of ketones is 1. The van der Waals surface area contributed by atoms with Crippen LogP contribution in [0.2, 0.25) is 0 Å². The van der Waals surface area contributed by atoms with Crippen LogP contribution < -0.4 is 14.4 Å². The first kappa shape index (κ1) is 26.3. The number of hydrogen-bond acceptors (Lipinski definition) is 6. The molecule has 1 atom stereocenters. The van der Waals surface area contributed by atoms with E-state index in [1.165, 1.54) is 4.90 Å². The third-order valence-corrected chi connectivity index (χ3v) is 7.00. The molecule has 1 unspecified atom stereocenters. The summed E-state index contributed by atoms with van der Waals surface area (Å²) in [4.78, 5) is 30.1. The minimum Gasteiger partial charge on any atom is -0.507 e. The number of halogens is 1. The van der Waals surface area contributed by atoms with E-state index in [2.05, 4.69) is 15.9 Å². The van der Waals surface area contributed by atoms with Gasteiger partial charge in [0.1, 0.15) is 5.76 Å². The van der Waals surface area contributed by atoms with Gasteiger partial charge >= 0.3 is 0 Å². The number of nitrogens with zero attached hydrogens (tertiary/aromatic N) is 2. The van der Waals surface area contributed by atoms with Crippen molar-refractivity contribution < 1.29 is 24.2 Å². The number of carbonyl (C=O) groups excluding carboxylic acids is 2. The lowest BCUT2D eigenvalue weighted by molar-refractivity contribution is -0.139. The van der Waals surface area contributed by atoms with Crippen molar-refractivity contribution >= 4 is 39.1 Å². The summed E-state index contributed by atoms with van der Waals surface area (Å²) in [7, 11) is 7.03. The summed E-state index contributed by atoms with van der Waals surface area (Å²) in [5.41, 5.74) is 3.21. The van der Waals surface area contributed by atoms with Gasteiger partial charge in [0.15, 0.2) is 11.5 Å². The Hall–Kier alpha value is -3.78. The van der Waals surface area contributed by atoms with Crippen LogP contribution in [0.15, 0.2) is 76.8 Å². The van der Waals surface area contributed by atoms with Crippen LogP contribution in [0.1, 0.15) is 22.7 Å². The van der Waals surface area contributed by atoms with Crippen molar-refractivity contribution in [1.29, 1.82) is 0 Å². The van der Waals surface area contributed by atoms with E-state index in [1.54, 1.807) is 38.5 Å². The lowest BCUT2D eigenvalue weighted by atomic mass is 9.95. The zero-order valence-corrected chi connectivity index (χ0v) is 22.8. The topological polar surface area (TPSA) is 79.3 Å². The van der Waals surface area contributed by atoms with E-state index in [9.17, 15) is 14.7 Å². The molecule has 0 bridgehead atoms. The molecule has 3 aromatic rings. The third kappa shape index (κ3) is 5.34. The molecule has 0 saturated carbocycles. The molecule has 37 heavy (non-hydrogen) atoms. The molecule has 1 fully saturated rings. The summed E-state index contributed by atoms with van der Waals surface area (Å²) in [6.07, 6.45) is 0.484. The molecule has 0 spiro atoms. The minimum atomic E-state index is -0.722. The highest BCUT2D eigenvalue weighted by atomic mass is 79.9. The second-order valence-electron chi connectivity index (χ2n) is 8.92. The van der Waals surface area contributed by atoms with Crippen LogP contribution in [0.3, 0.4) is 0 Å². The Labute approximate surface area is 225 Å². The molecular weight excluding hydrogens is 536 g/mol. The number of methoxy groups -OCH3 is 2. The number of Topliss-reactive ketones (excluding diaryl/α,β-unsaturated/α-hetero) is 1. The van der Waals surface area contributed by atoms with Crippen molar-refractivity contribution in [3.05, 3.63) is 93.5 Å². The minimum absolute atomic E-state index is 0.0808. The molecule has 1 saturated heterocycles. The smallest absolute Gasteiger partial charge is 0.295 e. The molecule has 1 aliphatic rings. The molecule has 1 N–H and O–H groups in total. The quantitative estimate of drug-likeness (QED) is 0.230. The van der Waals surface area contributed by atoms with Gasteiger partial charge in [-0.25, -0.2) is 0 Å². The average Bonchev–Trinajstić information content (AvgIpc) is 3.16. The monoisotopic (exact) mass is 564 g/mol. The molecular formula is C29H29BrN2O5. The Morgan fingerprint density at radius 3 is 2.19 bits per heavy atom. The number of carbonyl (C=O) groups is 2. The van der Waals surface area contributed by atoms with Crippen LogP contribution in [0.5, 0.6) is 11.5 Å². The van der Waals surface area contributed by atoms with Gasteiger partial charge in [-0.05, 0) is 53.9 Å². The second-order valence-corrected chi connectivity index (χ2v) is 9.84. The maximum absolute atomic E-state index is 13.3. The first-order valence-corrected chi connectivity index (χ1v) is 12.6. The van der Waals surface area contributed by atoms with Crippen molar-refractivity contribution in [2.75, 3.05) is 39.8 Å². The van der Waals surface area contributed by atoms with Gasteiger partial charge in [-0.15, -0.1) is 0 Å². The van der Waals surface area contributed by atoms with E-state index >= 15 is 0 Å². The summed E-state index contributed by atoms with van der Waals surface area (Å²) in [6.45, 7) is 0.275. The molecule has 192 valence electrons. The van der Waals surface area contributed by atoms with E-state index in [1.807, 2.05) is 61.5 Å². The molecule has 1 aliphatic heterocycles. The SMILES string of the molecule is COc1ccc(CCN2C(=O)C(=O)C(=C(O)c3ccc(Br)cc3)C2c2ccc(N(C)C)cc2)cc1OC. The van der Waals surface area contributed by atoms with Crippen molar-refractivity contribution in [2.45, 2.75) is 12.5 Å². The van der Waals surface area contributed by atoms with Gasteiger partial charge < -0.3 is 24.4 Å². The average molecular weight is 565 g/mol. The van der Waals surface area contributed by atoms with Crippen molar-refractivity contribution in [2.24, 2.45) is 0 Å².